The number of hydrogen-bond acceptors (Lipinski definition) is 4. The Balaban J connectivity index is 2.60. The molecule has 1 atom stereocenters. The summed E-state index contributed by atoms with van der Waals surface area (Å²) >= 11 is 0. The summed E-state index contributed by atoms with van der Waals surface area (Å²) in [6, 6.07) is 1.42. The number of carboxylic acid groups (broad SMARTS) is 1. The number of carboxylic acids is 1. The first-order valence-corrected chi connectivity index (χ1v) is 5.90. The first kappa shape index (κ1) is 15.4. The summed E-state index contributed by atoms with van der Waals surface area (Å²) in [7, 11) is 0. The van der Waals surface area contributed by atoms with Crippen LogP contribution in [0.5, 0.6) is 0 Å². The molecular weight excluding hydrogens is 264 g/mol. The Morgan fingerprint density at radius 3 is 2.70 bits per heavy atom. The van der Waals surface area contributed by atoms with E-state index in [1.807, 2.05) is 0 Å². The molecule has 0 spiro atoms. The van der Waals surface area contributed by atoms with E-state index in [4.69, 9.17) is 10.8 Å². The van der Waals surface area contributed by atoms with Crippen LogP contribution in [0, 0.1) is 6.92 Å². The number of primary amides is 1. The van der Waals surface area contributed by atoms with Crippen LogP contribution in [-0.4, -0.2) is 34.0 Å². The fourth-order valence-corrected chi connectivity index (χ4v) is 1.48. The molecule has 0 fully saturated rings. The number of urea groups is 1. The Morgan fingerprint density at radius 2 is 2.15 bits per heavy atom. The minimum absolute atomic E-state index is 0.0654. The molecule has 0 aliphatic carbocycles. The van der Waals surface area contributed by atoms with Gasteiger partial charge >= 0.3 is 12.0 Å². The zero-order valence-corrected chi connectivity index (χ0v) is 10.9. The Kier molecular flexibility index (Phi) is 5.45. The molecule has 1 aromatic rings. The van der Waals surface area contributed by atoms with Crippen molar-refractivity contribution in [2.45, 2.75) is 25.8 Å². The van der Waals surface area contributed by atoms with Crippen molar-refractivity contribution in [1.82, 2.24) is 10.3 Å². The van der Waals surface area contributed by atoms with Crippen LogP contribution < -0.4 is 16.4 Å². The summed E-state index contributed by atoms with van der Waals surface area (Å²) in [5, 5.41) is 13.7. The summed E-state index contributed by atoms with van der Waals surface area (Å²) < 4.78 is 0. The van der Waals surface area contributed by atoms with Crippen LogP contribution >= 0.6 is 0 Å². The molecule has 1 aromatic heterocycles. The molecule has 8 heteroatoms. The smallest absolute Gasteiger partial charge is 0.326 e. The molecule has 5 N–H and O–H groups in total. The molecule has 0 saturated heterocycles. The van der Waals surface area contributed by atoms with Crippen LogP contribution in [0.25, 0.3) is 0 Å². The number of pyridine rings is 1. The van der Waals surface area contributed by atoms with Gasteiger partial charge in [0.1, 0.15) is 6.04 Å². The zero-order valence-electron chi connectivity index (χ0n) is 10.9. The molecule has 0 radical (unpaired) electrons. The summed E-state index contributed by atoms with van der Waals surface area (Å²) in [5.74, 6) is -1.86. The number of carbonyl (C=O) groups is 3. The topological polar surface area (TPSA) is 134 Å². The van der Waals surface area contributed by atoms with Gasteiger partial charge in [-0.3, -0.25) is 9.78 Å². The van der Waals surface area contributed by atoms with E-state index < -0.39 is 23.9 Å². The van der Waals surface area contributed by atoms with Gasteiger partial charge < -0.3 is 21.5 Å². The van der Waals surface area contributed by atoms with Crippen molar-refractivity contribution >= 4 is 23.6 Å². The first-order valence-electron chi connectivity index (χ1n) is 5.90. The number of nitrogens with one attached hydrogen (secondary N) is 2. The third-order valence-electron chi connectivity index (χ3n) is 2.54. The molecule has 1 heterocycles. The lowest BCUT2D eigenvalue weighted by Gasteiger charge is -2.15. The molecule has 0 bridgehead atoms. The monoisotopic (exact) mass is 280 g/mol. The van der Waals surface area contributed by atoms with Gasteiger partial charge in [-0.05, 0) is 25.5 Å². The van der Waals surface area contributed by atoms with Gasteiger partial charge in [-0.15, -0.1) is 0 Å². The molecule has 0 aliphatic rings. The first-order chi connectivity index (χ1) is 9.40. The van der Waals surface area contributed by atoms with Gasteiger partial charge in [0.2, 0.25) is 5.91 Å². The van der Waals surface area contributed by atoms with Crippen LogP contribution in [0.3, 0.4) is 0 Å². The standard InChI is InChI=1S/C12H16N4O4/c1-7-8(3-2-6-14-7)15-12(20)16-9(11(18)19)4-5-10(13)17/h2-3,6,9H,4-5H2,1H3,(H2,13,17)(H,18,19)(H2,15,16,20). The number of rotatable bonds is 6. The van der Waals surface area contributed by atoms with E-state index in [9.17, 15) is 14.4 Å². The average molecular weight is 280 g/mol. The van der Waals surface area contributed by atoms with E-state index in [0.29, 0.717) is 11.4 Å². The molecule has 20 heavy (non-hydrogen) atoms. The van der Waals surface area contributed by atoms with Crippen molar-refractivity contribution in [3.8, 4) is 0 Å². The van der Waals surface area contributed by atoms with Crippen molar-refractivity contribution in [3.05, 3.63) is 24.0 Å². The summed E-state index contributed by atoms with van der Waals surface area (Å²) in [5.41, 5.74) is 6.03. The SMILES string of the molecule is Cc1ncccc1NC(=O)NC(CCC(N)=O)C(=O)O. The Labute approximate surface area is 115 Å². The largest absolute Gasteiger partial charge is 0.480 e. The number of aromatic nitrogens is 1. The van der Waals surface area contributed by atoms with E-state index in [1.165, 1.54) is 0 Å². The quantitative estimate of drug-likeness (QED) is 0.591. The molecule has 8 nitrogen and oxygen atoms in total. The van der Waals surface area contributed by atoms with E-state index in [-0.39, 0.29) is 12.8 Å². The molecule has 0 saturated carbocycles. The molecule has 0 aliphatic heterocycles. The van der Waals surface area contributed by atoms with Gasteiger partial charge in [-0.2, -0.15) is 0 Å². The fraction of sp³-hybridized carbons (Fsp3) is 0.333. The van der Waals surface area contributed by atoms with Gasteiger partial charge in [0.25, 0.3) is 0 Å². The zero-order chi connectivity index (χ0) is 15.1. The number of amides is 3. The number of nitrogens with zero attached hydrogens (tertiary/aromatic N) is 1. The van der Waals surface area contributed by atoms with Crippen molar-refractivity contribution in [1.29, 1.82) is 0 Å². The Bertz CT molecular complexity index is 518. The summed E-state index contributed by atoms with van der Waals surface area (Å²) in [6.07, 6.45) is 1.39. The summed E-state index contributed by atoms with van der Waals surface area (Å²) in [4.78, 5) is 37.3. The maximum Gasteiger partial charge on any atom is 0.326 e. The summed E-state index contributed by atoms with van der Waals surface area (Å²) in [6.45, 7) is 1.71. The van der Waals surface area contributed by atoms with Crippen molar-refractivity contribution in [2.24, 2.45) is 5.73 Å². The number of aliphatic carboxylic acids is 1. The highest BCUT2D eigenvalue weighted by atomic mass is 16.4. The van der Waals surface area contributed by atoms with Crippen molar-refractivity contribution < 1.29 is 19.5 Å². The average Bonchev–Trinajstić information content (AvgIpc) is 2.36. The third kappa shape index (κ3) is 4.92. The third-order valence-corrected chi connectivity index (χ3v) is 2.54. The Morgan fingerprint density at radius 1 is 1.45 bits per heavy atom. The molecule has 108 valence electrons. The van der Waals surface area contributed by atoms with Crippen LogP contribution in [0.15, 0.2) is 18.3 Å². The second-order valence-electron chi connectivity index (χ2n) is 4.13. The minimum atomic E-state index is -1.23. The highest BCUT2D eigenvalue weighted by Crippen LogP contribution is 2.10. The number of hydrogen-bond donors (Lipinski definition) is 4. The maximum atomic E-state index is 11.7. The van der Waals surface area contributed by atoms with E-state index in [2.05, 4.69) is 15.6 Å². The van der Waals surface area contributed by atoms with Gasteiger partial charge in [0.15, 0.2) is 0 Å². The normalized spacial score (nSPS) is 11.4. The Hall–Kier alpha value is -2.64. The lowest BCUT2D eigenvalue weighted by atomic mass is 10.1. The van der Waals surface area contributed by atoms with E-state index in [0.717, 1.165) is 0 Å². The van der Waals surface area contributed by atoms with E-state index in [1.54, 1.807) is 25.3 Å². The highest BCUT2D eigenvalue weighted by Gasteiger charge is 2.20. The predicted molar refractivity (Wildman–Crippen MR) is 71.0 cm³/mol. The lowest BCUT2D eigenvalue weighted by molar-refractivity contribution is -0.139. The maximum absolute atomic E-state index is 11.7. The number of anilines is 1. The van der Waals surface area contributed by atoms with E-state index >= 15 is 0 Å². The van der Waals surface area contributed by atoms with Gasteiger partial charge in [-0.25, -0.2) is 9.59 Å². The fourth-order valence-electron chi connectivity index (χ4n) is 1.48. The molecule has 1 unspecified atom stereocenters. The van der Waals surface area contributed by atoms with Crippen molar-refractivity contribution in [2.75, 3.05) is 5.32 Å². The van der Waals surface area contributed by atoms with Crippen LogP contribution in [0.2, 0.25) is 0 Å². The highest BCUT2D eigenvalue weighted by molar-refractivity contribution is 5.92. The van der Waals surface area contributed by atoms with Gasteiger partial charge in [0.05, 0.1) is 11.4 Å². The second kappa shape index (κ2) is 7.07. The predicted octanol–water partition coefficient (Wildman–Crippen LogP) is 0.230. The minimum Gasteiger partial charge on any atom is -0.480 e. The molecule has 1 rings (SSSR count). The molecule has 3 amide bonds. The second-order valence-corrected chi connectivity index (χ2v) is 4.13. The van der Waals surface area contributed by atoms with Gasteiger partial charge in [-0.1, -0.05) is 0 Å². The van der Waals surface area contributed by atoms with Crippen LogP contribution in [-0.2, 0) is 9.59 Å². The molecule has 0 aromatic carbocycles. The van der Waals surface area contributed by atoms with Crippen LogP contribution in [0.4, 0.5) is 10.5 Å². The number of aryl methyl sites for hydroxylation is 1. The number of nitrogens with two attached hydrogens (primary N) is 1. The van der Waals surface area contributed by atoms with Gasteiger partial charge in [0, 0.05) is 12.6 Å². The van der Waals surface area contributed by atoms with Crippen LogP contribution in [0.1, 0.15) is 18.5 Å². The molecular formula is C12H16N4O4. The van der Waals surface area contributed by atoms with Crippen molar-refractivity contribution in [3.63, 3.8) is 0 Å². The lowest BCUT2D eigenvalue weighted by Crippen LogP contribution is -2.43. The number of carbonyl (C=O) groups excluding carboxylic acids is 2.